The summed E-state index contributed by atoms with van der Waals surface area (Å²) in [7, 11) is 0. The maximum absolute atomic E-state index is 12.9. The first kappa shape index (κ1) is 19.9. The van der Waals surface area contributed by atoms with Gasteiger partial charge in [-0.3, -0.25) is 14.2 Å². The van der Waals surface area contributed by atoms with Crippen LogP contribution in [-0.2, 0) is 11.3 Å². The molecule has 1 aliphatic heterocycles. The number of para-hydroxylation sites is 1. The number of carbonyl (C=O) groups is 1. The number of aromatic nitrogens is 2. The Kier molecular flexibility index (Phi) is 6.25. The lowest BCUT2D eigenvalue weighted by molar-refractivity contribution is -0.134. The first-order valence-electron chi connectivity index (χ1n) is 9.82. The topological polar surface area (TPSA) is 55.2 Å². The van der Waals surface area contributed by atoms with E-state index in [9.17, 15) is 9.59 Å². The zero-order valence-electron chi connectivity index (χ0n) is 16.6. The van der Waals surface area contributed by atoms with Crippen molar-refractivity contribution in [2.75, 3.05) is 5.75 Å². The minimum atomic E-state index is -0.0241. The molecule has 6 heteroatoms. The maximum atomic E-state index is 12.9. The number of hydrogen-bond donors (Lipinski definition) is 0. The van der Waals surface area contributed by atoms with E-state index in [1.54, 1.807) is 4.57 Å². The Morgan fingerprint density at radius 1 is 1.22 bits per heavy atom. The van der Waals surface area contributed by atoms with Crippen LogP contribution in [0.1, 0.15) is 47.0 Å². The minimum absolute atomic E-state index is 0.0241. The molecule has 0 spiro atoms. The second-order valence-electron chi connectivity index (χ2n) is 7.94. The number of rotatable bonds is 5. The van der Waals surface area contributed by atoms with Crippen molar-refractivity contribution in [3.05, 3.63) is 34.6 Å². The number of likely N-dealkylation sites (tertiary alicyclic amines) is 1. The smallest absolute Gasteiger partial charge is 0.262 e. The number of benzene rings is 1. The van der Waals surface area contributed by atoms with E-state index >= 15 is 0 Å². The van der Waals surface area contributed by atoms with Gasteiger partial charge in [0.2, 0.25) is 5.91 Å². The molecule has 1 aliphatic rings. The largest absolute Gasteiger partial charge is 0.337 e. The Morgan fingerprint density at radius 3 is 2.56 bits per heavy atom. The quantitative estimate of drug-likeness (QED) is 0.576. The van der Waals surface area contributed by atoms with Crippen molar-refractivity contribution in [1.82, 2.24) is 14.5 Å². The average Bonchev–Trinajstić information content (AvgIpc) is 2.62. The fourth-order valence-electron chi connectivity index (χ4n) is 3.90. The van der Waals surface area contributed by atoms with Crippen molar-refractivity contribution in [3.63, 3.8) is 0 Å². The van der Waals surface area contributed by atoms with Crippen LogP contribution in [0.2, 0.25) is 0 Å². The molecule has 0 saturated carbocycles. The molecule has 1 saturated heterocycles. The lowest BCUT2D eigenvalue weighted by Crippen LogP contribution is -2.48. The molecule has 27 heavy (non-hydrogen) atoms. The summed E-state index contributed by atoms with van der Waals surface area (Å²) in [5.41, 5.74) is 0.668. The van der Waals surface area contributed by atoms with E-state index in [0.29, 0.717) is 34.3 Å². The summed E-state index contributed by atoms with van der Waals surface area (Å²) in [6.45, 7) is 9.02. The number of nitrogens with zero attached hydrogens (tertiary/aromatic N) is 3. The summed E-state index contributed by atoms with van der Waals surface area (Å²) in [6.07, 6.45) is 3.31. The Balaban J connectivity index is 1.87. The van der Waals surface area contributed by atoms with Gasteiger partial charge < -0.3 is 4.90 Å². The van der Waals surface area contributed by atoms with Crippen LogP contribution in [0.25, 0.3) is 10.9 Å². The van der Waals surface area contributed by atoms with Gasteiger partial charge in [-0.25, -0.2) is 4.98 Å². The Hall–Kier alpha value is -1.82. The zero-order chi connectivity index (χ0) is 19.6. The fourth-order valence-corrected chi connectivity index (χ4v) is 4.78. The second kappa shape index (κ2) is 8.46. The van der Waals surface area contributed by atoms with Gasteiger partial charge in [-0.05, 0) is 51.2 Å². The van der Waals surface area contributed by atoms with Gasteiger partial charge in [-0.1, -0.05) is 37.7 Å². The molecule has 2 aromatic rings. The molecule has 0 N–H and O–H groups in total. The summed E-state index contributed by atoms with van der Waals surface area (Å²) >= 11 is 1.38. The first-order chi connectivity index (χ1) is 12.9. The summed E-state index contributed by atoms with van der Waals surface area (Å²) in [5, 5.41) is 1.27. The monoisotopic (exact) mass is 387 g/mol. The van der Waals surface area contributed by atoms with Crippen LogP contribution in [0.5, 0.6) is 0 Å². The number of thioether (sulfide) groups is 1. The van der Waals surface area contributed by atoms with Crippen LogP contribution < -0.4 is 5.56 Å². The lowest BCUT2D eigenvalue weighted by Gasteiger charge is -2.39. The van der Waals surface area contributed by atoms with Crippen LogP contribution in [0.15, 0.2) is 34.2 Å². The van der Waals surface area contributed by atoms with Gasteiger partial charge in [0.25, 0.3) is 5.56 Å². The van der Waals surface area contributed by atoms with Gasteiger partial charge in [0.05, 0.1) is 16.7 Å². The third-order valence-corrected chi connectivity index (χ3v) is 6.14. The summed E-state index contributed by atoms with van der Waals surface area (Å²) in [6, 6.07) is 7.99. The van der Waals surface area contributed by atoms with E-state index < -0.39 is 0 Å². The van der Waals surface area contributed by atoms with Crippen molar-refractivity contribution in [1.29, 1.82) is 0 Å². The van der Waals surface area contributed by atoms with Crippen LogP contribution >= 0.6 is 11.8 Å². The minimum Gasteiger partial charge on any atom is -0.337 e. The van der Waals surface area contributed by atoms with Crippen molar-refractivity contribution in [3.8, 4) is 0 Å². The number of amides is 1. The van der Waals surface area contributed by atoms with Crippen molar-refractivity contribution < 1.29 is 4.79 Å². The predicted octanol–water partition coefficient (Wildman–Crippen LogP) is 3.93. The van der Waals surface area contributed by atoms with E-state index in [1.807, 2.05) is 29.2 Å². The molecular formula is C21H29N3O2S. The van der Waals surface area contributed by atoms with Gasteiger partial charge >= 0.3 is 0 Å². The summed E-state index contributed by atoms with van der Waals surface area (Å²) in [5.74, 6) is 0.776. The highest BCUT2D eigenvalue weighted by atomic mass is 32.2. The van der Waals surface area contributed by atoms with Crippen molar-refractivity contribution in [2.24, 2.45) is 5.92 Å². The molecule has 2 atom stereocenters. The molecule has 1 amide bonds. The Labute approximate surface area is 165 Å². The molecule has 1 fully saturated rings. The number of piperidine rings is 1. The van der Waals surface area contributed by atoms with E-state index in [-0.39, 0.29) is 23.6 Å². The SMILES string of the molecule is CC(C)Cn1c(SCC(=O)N2[C@H](C)CCC[C@@H]2C)nc2ccccc2c1=O. The second-order valence-corrected chi connectivity index (χ2v) is 8.88. The van der Waals surface area contributed by atoms with Crippen LogP contribution in [-0.4, -0.2) is 38.2 Å². The fraction of sp³-hybridized carbons (Fsp3) is 0.571. The van der Waals surface area contributed by atoms with E-state index in [0.717, 1.165) is 12.8 Å². The third kappa shape index (κ3) is 4.37. The number of fused-ring (bicyclic) bond motifs is 1. The molecule has 0 radical (unpaired) electrons. The van der Waals surface area contributed by atoms with Gasteiger partial charge in [-0.2, -0.15) is 0 Å². The van der Waals surface area contributed by atoms with Crippen molar-refractivity contribution >= 4 is 28.6 Å². The average molecular weight is 388 g/mol. The van der Waals surface area contributed by atoms with Crippen LogP contribution in [0, 0.1) is 5.92 Å². The molecule has 0 unspecified atom stereocenters. The van der Waals surface area contributed by atoms with Gasteiger partial charge in [0.15, 0.2) is 5.16 Å². The van der Waals surface area contributed by atoms with Gasteiger partial charge in [-0.15, -0.1) is 0 Å². The molecule has 0 bridgehead atoms. The Morgan fingerprint density at radius 2 is 1.89 bits per heavy atom. The highest BCUT2D eigenvalue weighted by Gasteiger charge is 2.29. The number of carbonyl (C=O) groups excluding carboxylic acids is 1. The maximum Gasteiger partial charge on any atom is 0.262 e. The summed E-state index contributed by atoms with van der Waals surface area (Å²) < 4.78 is 1.73. The third-order valence-electron chi connectivity index (χ3n) is 5.18. The molecule has 146 valence electrons. The van der Waals surface area contributed by atoms with Gasteiger partial charge in [0.1, 0.15) is 0 Å². The molecule has 3 rings (SSSR count). The number of hydrogen-bond acceptors (Lipinski definition) is 4. The van der Waals surface area contributed by atoms with Crippen molar-refractivity contribution in [2.45, 2.75) is 70.7 Å². The zero-order valence-corrected chi connectivity index (χ0v) is 17.5. The Bertz CT molecular complexity index is 867. The molecular weight excluding hydrogens is 358 g/mol. The standard InChI is InChI=1S/C21H29N3O2S/c1-14(2)12-23-20(26)17-10-5-6-11-18(17)22-21(23)27-13-19(25)24-15(3)8-7-9-16(24)4/h5-6,10-11,14-16H,7-9,12-13H2,1-4H3/t15-,16+. The first-order valence-corrected chi connectivity index (χ1v) is 10.8. The highest BCUT2D eigenvalue weighted by molar-refractivity contribution is 7.99. The predicted molar refractivity (Wildman–Crippen MR) is 111 cm³/mol. The molecule has 1 aromatic carbocycles. The van der Waals surface area contributed by atoms with Crippen LogP contribution in [0.4, 0.5) is 0 Å². The normalized spacial score (nSPS) is 20.4. The molecule has 0 aliphatic carbocycles. The molecule has 1 aromatic heterocycles. The summed E-state index contributed by atoms with van der Waals surface area (Å²) in [4.78, 5) is 32.5. The molecule has 5 nitrogen and oxygen atoms in total. The van der Waals surface area contributed by atoms with E-state index in [4.69, 9.17) is 4.98 Å². The lowest BCUT2D eigenvalue weighted by atomic mass is 9.98. The van der Waals surface area contributed by atoms with E-state index in [2.05, 4.69) is 27.7 Å². The van der Waals surface area contributed by atoms with Crippen LogP contribution in [0.3, 0.4) is 0 Å². The highest BCUT2D eigenvalue weighted by Crippen LogP contribution is 2.25. The van der Waals surface area contributed by atoms with E-state index in [1.165, 1.54) is 18.2 Å². The molecule has 2 heterocycles. The van der Waals surface area contributed by atoms with Gasteiger partial charge in [0, 0.05) is 18.6 Å².